The Bertz CT molecular complexity index is 785. The van der Waals surface area contributed by atoms with Crippen LogP contribution in [0.4, 0.5) is 0 Å². The third kappa shape index (κ3) is 2.57. The Balaban J connectivity index is 2.17. The van der Waals surface area contributed by atoms with Crippen molar-refractivity contribution < 1.29 is 14.6 Å². The zero-order chi connectivity index (χ0) is 15.0. The fourth-order valence-corrected chi connectivity index (χ4v) is 2.49. The molecule has 0 saturated carbocycles. The summed E-state index contributed by atoms with van der Waals surface area (Å²) in [5.74, 6) is 0.871. The van der Waals surface area contributed by atoms with Crippen molar-refractivity contribution in [2.45, 2.75) is 26.4 Å². The summed E-state index contributed by atoms with van der Waals surface area (Å²) < 4.78 is 5.68. The normalized spacial score (nSPS) is 16.9. The Morgan fingerprint density at radius 2 is 2.10 bits per heavy atom. The highest BCUT2D eigenvalue weighted by Gasteiger charge is 2.19. The van der Waals surface area contributed by atoms with Crippen LogP contribution in [0.2, 0.25) is 0 Å². The van der Waals surface area contributed by atoms with Gasteiger partial charge in [0.05, 0.1) is 11.8 Å². The molecule has 1 aliphatic heterocycles. The molecule has 0 radical (unpaired) electrons. The summed E-state index contributed by atoms with van der Waals surface area (Å²) in [5, 5.41) is 14.9. The molecule has 0 unspecified atom stereocenters. The number of carbonyl (C=O) groups is 1. The number of aliphatic hydroxyl groups excluding tert-OH is 1. The minimum Gasteiger partial charge on any atom is -0.507 e. The standard InChI is InChI=1S/C17H17NO3/c1-10(2)21-12-4-5-13-11(9-12)3-7-15-14(17(13)20)6-8-16(19)18-15/h3-7,9-10,20H,8H2,1-2H3,(H,18,19). The van der Waals surface area contributed by atoms with Crippen LogP contribution in [0, 0.1) is 0 Å². The number of aliphatic hydroxyl groups is 1. The van der Waals surface area contributed by atoms with Crippen molar-refractivity contribution >= 4 is 17.7 Å². The largest absolute Gasteiger partial charge is 0.507 e. The van der Waals surface area contributed by atoms with E-state index in [0.29, 0.717) is 11.3 Å². The van der Waals surface area contributed by atoms with Crippen LogP contribution in [0.3, 0.4) is 0 Å². The molecule has 21 heavy (non-hydrogen) atoms. The molecule has 0 atom stereocenters. The Hall–Kier alpha value is -2.49. The van der Waals surface area contributed by atoms with E-state index in [1.54, 1.807) is 6.08 Å². The topological polar surface area (TPSA) is 58.6 Å². The first-order chi connectivity index (χ1) is 10.0. The number of carbonyl (C=O) groups excluding carboxylic acids is 1. The highest BCUT2D eigenvalue weighted by Crippen LogP contribution is 2.21. The fraction of sp³-hybridized carbons (Fsp3) is 0.235. The number of amides is 1. The van der Waals surface area contributed by atoms with E-state index in [9.17, 15) is 9.90 Å². The number of allylic oxidation sites excluding steroid dienone is 1. The summed E-state index contributed by atoms with van der Waals surface area (Å²) in [4.78, 5) is 11.5. The summed E-state index contributed by atoms with van der Waals surface area (Å²) >= 11 is 0. The monoisotopic (exact) mass is 283 g/mol. The molecule has 1 amide bonds. The molecule has 0 bridgehead atoms. The fourth-order valence-electron chi connectivity index (χ4n) is 2.49. The zero-order valence-corrected chi connectivity index (χ0v) is 12.0. The van der Waals surface area contributed by atoms with Gasteiger partial charge in [-0.2, -0.15) is 0 Å². The van der Waals surface area contributed by atoms with Crippen LogP contribution >= 0.6 is 0 Å². The highest BCUT2D eigenvalue weighted by molar-refractivity contribution is 5.87. The third-order valence-electron chi connectivity index (χ3n) is 3.39. The van der Waals surface area contributed by atoms with E-state index < -0.39 is 0 Å². The van der Waals surface area contributed by atoms with Gasteiger partial charge in [-0.05, 0) is 43.3 Å². The van der Waals surface area contributed by atoms with Gasteiger partial charge in [-0.1, -0.05) is 12.2 Å². The highest BCUT2D eigenvalue weighted by atomic mass is 16.5. The van der Waals surface area contributed by atoms with Crippen LogP contribution in [0.15, 0.2) is 41.6 Å². The van der Waals surface area contributed by atoms with E-state index in [-0.39, 0.29) is 24.2 Å². The molecule has 0 saturated heterocycles. The number of rotatable bonds is 2. The molecular weight excluding hydrogens is 266 g/mol. The Morgan fingerprint density at radius 3 is 2.86 bits per heavy atom. The molecule has 1 aromatic carbocycles. The van der Waals surface area contributed by atoms with Gasteiger partial charge in [0.1, 0.15) is 11.5 Å². The smallest absolute Gasteiger partial charge is 0.228 e. The second-order valence-corrected chi connectivity index (χ2v) is 5.38. The summed E-state index contributed by atoms with van der Waals surface area (Å²) in [6.07, 6.45) is 5.81. The van der Waals surface area contributed by atoms with E-state index in [1.807, 2.05) is 44.2 Å². The van der Waals surface area contributed by atoms with Gasteiger partial charge in [0, 0.05) is 17.2 Å². The lowest BCUT2D eigenvalue weighted by Gasteiger charge is -2.16. The second kappa shape index (κ2) is 5.13. The molecular formula is C17H17NO3. The summed E-state index contributed by atoms with van der Waals surface area (Å²) in [6, 6.07) is 5.57. The zero-order valence-electron chi connectivity index (χ0n) is 12.0. The predicted octanol–water partition coefficient (Wildman–Crippen LogP) is 1.26. The van der Waals surface area contributed by atoms with Gasteiger partial charge in [0.15, 0.2) is 0 Å². The van der Waals surface area contributed by atoms with E-state index >= 15 is 0 Å². The first-order valence-electron chi connectivity index (χ1n) is 6.97. The molecule has 0 aromatic heterocycles. The van der Waals surface area contributed by atoms with Gasteiger partial charge >= 0.3 is 0 Å². The first-order valence-corrected chi connectivity index (χ1v) is 6.97. The van der Waals surface area contributed by atoms with Gasteiger partial charge in [-0.3, -0.25) is 4.79 Å². The SMILES string of the molecule is CC(C)Oc1ccc2c(c1)=CC=C1NC(=O)CC=C1C=2O. The van der Waals surface area contributed by atoms with E-state index in [2.05, 4.69) is 5.32 Å². The number of nitrogens with one attached hydrogen (secondary N) is 1. The third-order valence-corrected chi connectivity index (χ3v) is 3.39. The van der Waals surface area contributed by atoms with Gasteiger partial charge < -0.3 is 15.2 Å². The maximum Gasteiger partial charge on any atom is 0.228 e. The number of hydrogen-bond donors (Lipinski definition) is 2. The summed E-state index contributed by atoms with van der Waals surface area (Å²) in [7, 11) is 0. The van der Waals surface area contributed by atoms with Crippen LogP contribution in [0.5, 0.6) is 5.75 Å². The summed E-state index contributed by atoms with van der Waals surface area (Å²) in [5.41, 5.74) is 1.30. The summed E-state index contributed by atoms with van der Waals surface area (Å²) in [6.45, 7) is 3.94. The number of hydrogen-bond acceptors (Lipinski definition) is 3. The minimum absolute atomic E-state index is 0.0685. The lowest BCUT2D eigenvalue weighted by molar-refractivity contribution is -0.119. The minimum atomic E-state index is -0.0685. The molecule has 4 nitrogen and oxygen atoms in total. The average molecular weight is 283 g/mol. The molecule has 1 aliphatic carbocycles. The van der Waals surface area contributed by atoms with Crippen molar-refractivity contribution in [2.75, 3.05) is 0 Å². The molecule has 0 spiro atoms. The van der Waals surface area contributed by atoms with Crippen molar-refractivity contribution in [3.63, 3.8) is 0 Å². The molecule has 3 rings (SSSR count). The molecule has 2 N–H and O–H groups in total. The lowest BCUT2D eigenvalue weighted by Crippen LogP contribution is -2.30. The van der Waals surface area contributed by atoms with Crippen molar-refractivity contribution in [3.8, 4) is 5.75 Å². The van der Waals surface area contributed by atoms with Crippen molar-refractivity contribution in [3.05, 3.63) is 52.1 Å². The maximum absolute atomic E-state index is 11.5. The molecule has 2 aliphatic rings. The second-order valence-electron chi connectivity index (χ2n) is 5.38. The molecule has 0 fully saturated rings. The van der Waals surface area contributed by atoms with Crippen LogP contribution < -0.4 is 20.5 Å². The van der Waals surface area contributed by atoms with Crippen LogP contribution in [0.1, 0.15) is 20.3 Å². The Labute approximate surface area is 122 Å². The van der Waals surface area contributed by atoms with E-state index in [1.165, 1.54) is 0 Å². The molecule has 4 heteroatoms. The van der Waals surface area contributed by atoms with Gasteiger partial charge in [-0.15, -0.1) is 0 Å². The van der Waals surface area contributed by atoms with Crippen molar-refractivity contribution in [1.82, 2.24) is 5.32 Å². The van der Waals surface area contributed by atoms with Crippen molar-refractivity contribution in [2.24, 2.45) is 0 Å². The number of fused-ring (bicyclic) bond motifs is 2. The van der Waals surface area contributed by atoms with Gasteiger partial charge in [-0.25, -0.2) is 0 Å². The maximum atomic E-state index is 11.5. The van der Waals surface area contributed by atoms with E-state index in [4.69, 9.17) is 4.74 Å². The quantitative estimate of drug-likeness (QED) is 0.859. The molecule has 1 aromatic rings. The number of ether oxygens (including phenoxy) is 1. The average Bonchev–Trinajstić information content (AvgIpc) is 2.56. The number of benzene rings is 1. The van der Waals surface area contributed by atoms with Gasteiger partial charge in [0.25, 0.3) is 0 Å². The Morgan fingerprint density at radius 1 is 1.29 bits per heavy atom. The van der Waals surface area contributed by atoms with E-state index in [0.717, 1.165) is 16.2 Å². The van der Waals surface area contributed by atoms with Crippen LogP contribution in [0.25, 0.3) is 11.8 Å². The van der Waals surface area contributed by atoms with Gasteiger partial charge in [0.2, 0.25) is 5.91 Å². The molecule has 108 valence electrons. The molecule has 1 heterocycles. The predicted molar refractivity (Wildman–Crippen MR) is 80.9 cm³/mol. The van der Waals surface area contributed by atoms with Crippen LogP contribution in [-0.2, 0) is 4.79 Å². The first kappa shape index (κ1) is 13.5. The lowest BCUT2D eigenvalue weighted by atomic mass is 10.0. The van der Waals surface area contributed by atoms with Crippen molar-refractivity contribution in [1.29, 1.82) is 0 Å². The van der Waals surface area contributed by atoms with Crippen LogP contribution in [-0.4, -0.2) is 17.1 Å². The Kier molecular flexibility index (Phi) is 3.29.